The van der Waals surface area contributed by atoms with Crippen LogP contribution in [0.25, 0.3) is 0 Å². The summed E-state index contributed by atoms with van der Waals surface area (Å²) in [6, 6.07) is -1.59. The third-order valence-corrected chi connectivity index (χ3v) is 2.36. The quantitative estimate of drug-likeness (QED) is 0.389. The van der Waals surface area contributed by atoms with Crippen LogP contribution >= 0.6 is 0 Å². The number of rotatable bonds is 10. The maximum absolute atomic E-state index is 11.4. The van der Waals surface area contributed by atoms with Gasteiger partial charge in [-0.15, -0.1) is 0 Å². The van der Waals surface area contributed by atoms with E-state index in [1.807, 2.05) is 0 Å². The van der Waals surface area contributed by atoms with Crippen LogP contribution in [-0.4, -0.2) is 56.0 Å². The summed E-state index contributed by atoms with van der Waals surface area (Å²) in [5.74, 6) is -1.44. The summed E-state index contributed by atoms with van der Waals surface area (Å²) in [6.07, 6.45) is 0.824. The Hall–Kier alpha value is -1.83. The third kappa shape index (κ3) is 9.15. The first-order valence-corrected chi connectivity index (χ1v) is 6.43. The maximum Gasteiger partial charge on any atom is 0.326 e. The molecule has 0 aromatic heterocycles. The number of urea groups is 1. The number of hydrogen-bond donors (Lipinski definition) is 3. The Kier molecular flexibility index (Phi) is 10.0. The van der Waals surface area contributed by atoms with E-state index >= 15 is 0 Å². The van der Waals surface area contributed by atoms with Crippen LogP contribution in [0.1, 0.15) is 26.2 Å². The van der Waals surface area contributed by atoms with Gasteiger partial charge in [-0.25, -0.2) is 9.59 Å². The molecule has 0 saturated heterocycles. The largest absolute Gasteiger partial charge is 0.480 e. The van der Waals surface area contributed by atoms with Crippen molar-refractivity contribution in [2.75, 3.05) is 26.9 Å². The van der Waals surface area contributed by atoms with Crippen molar-refractivity contribution in [1.29, 1.82) is 0 Å². The lowest BCUT2D eigenvalue weighted by Crippen LogP contribution is -2.46. The Morgan fingerprint density at radius 3 is 2.55 bits per heavy atom. The number of ether oxygens (including phenoxy) is 2. The fraction of sp³-hybridized carbons (Fsp3) is 0.750. The molecule has 0 spiro atoms. The molecule has 0 aliphatic carbocycles. The second-order valence-electron chi connectivity index (χ2n) is 3.98. The smallest absolute Gasteiger partial charge is 0.326 e. The summed E-state index contributed by atoms with van der Waals surface area (Å²) in [7, 11) is 1.45. The number of aliphatic carboxylic acids is 1. The summed E-state index contributed by atoms with van der Waals surface area (Å²) in [5, 5.41) is 13.7. The average Bonchev–Trinajstić information content (AvgIpc) is 2.39. The highest BCUT2D eigenvalue weighted by atomic mass is 16.5. The Morgan fingerprint density at radius 2 is 2.00 bits per heavy atom. The van der Waals surface area contributed by atoms with E-state index in [2.05, 4.69) is 10.6 Å². The first-order chi connectivity index (χ1) is 9.51. The van der Waals surface area contributed by atoms with Gasteiger partial charge in [-0.2, -0.15) is 0 Å². The van der Waals surface area contributed by atoms with Gasteiger partial charge in [0.2, 0.25) is 0 Å². The van der Waals surface area contributed by atoms with E-state index in [1.165, 1.54) is 7.11 Å². The Bertz CT molecular complexity index is 321. The van der Waals surface area contributed by atoms with Crippen LogP contribution in [0, 0.1) is 0 Å². The number of hydrogen-bond acceptors (Lipinski definition) is 5. The minimum atomic E-state index is -1.12. The minimum Gasteiger partial charge on any atom is -0.480 e. The molecule has 0 fully saturated rings. The molecule has 8 heteroatoms. The molecule has 8 nitrogen and oxygen atoms in total. The van der Waals surface area contributed by atoms with Crippen molar-refractivity contribution in [3.63, 3.8) is 0 Å². The molecule has 1 unspecified atom stereocenters. The van der Waals surface area contributed by atoms with Gasteiger partial charge in [0, 0.05) is 33.1 Å². The van der Waals surface area contributed by atoms with Crippen LogP contribution in [0.5, 0.6) is 0 Å². The highest BCUT2D eigenvalue weighted by Crippen LogP contribution is 1.94. The standard InChI is InChI=1S/C12H22N2O6/c1-3-20-10(15)5-4-7-13-12(18)14-9(11(16)17)6-8-19-2/h9H,3-8H2,1-2H3,(H,16,17)(H2,13,14,18). The van der Waals surface area contributed by atoms with E-state index in [0.717, 1.165) is 0 Å². The van der Waals surface area contributed by atoms with E-state index in [0.29, 0.717) is 13.0 Å². The Labute approximate surface area is 117 Å². The zero-order valence-electron chi connectivity index (χ0n) is 11.8. The van der Waals surface area contributed by atoms with Crippen LogP contribution in [0.3, 0.4) is 0 Å². The van der Waals surface area contributed by atoms with Crippen LogP contribution in [0.4, 0.5) is 4.79 Å². The van der Waals surface area contributed by atoms with Gasteiger partial charge < -0.3 is 25.2 Å². The number of esters is 1. The number of amides is 2. The van der Waals surface area contributed by atoms with Gasteiger partial charge in [-0.05, 0) is 13.3 Å². The van der Waals surface area contributed by atoms with Crippen molar-refractivity contribution in [3.05, 3.63) is 0 Å². The molecule has 0 aromatic rings. The number of carboxylic acids is 1. The molecule has 1 atom stereocenters. The molecule has 0 rings (SSSR count). The molecule has 0 aliphatic heterocycles. The summed E-state index contributed by atoms with van der Waals surface area (Å²) >= 11 is 0. The topological polar surface area (TPSA) is 114 Å². The summed E-state index contributed by atoms with van der Waals surface area (Å²) in [4.78, 5) is 33.4. The molecule has 0 saturated carbocycles. The van der Waals surface area contributed by atoms with Gasteiger partial charge in [0.15, 0.2) is 0 Å². The zero-order valence-corrected chi connectivity index (χ0v) is 11.8. The summed E-state index contributed by atoms with van der Waals surface area (Å²) in [6.45, 7) is 2.55. The number of carbonyl (C=O) groups excluding carboxylic acids is 2. The van der Waals surface area contributed by atoms with Gasteiger partial charge >= 0.3 is 18.0 Å². The number of carboxylic acid groups (broad SMARTS) is 1. The van der Waals surface area contributed by atoms with Crippen molar-refractivity contribution < 1.29 is 29.0 Å². The van der Waals surface area contributed by atoms with Crippen LogP contribution in [0.2, 0.25) is 0 Å². The maximum atomic E-state index is 11.4. The average molecular weight is 290 g/mol. The molecule has 0 heterocycles. The van der Waals surface area contributed by atoms with Gasteiger partial charge in [0.1, 0.15) is 6.04 Å². The van der Waals surface area contributed by atoms with Crippen LogP contribution in [0.15, 0.2) is 0 Å². The number of carbonyl (C=O) groups is 3. The molecule has 0 aromatic carbocycles. The van der Waals surface area contributed by atoms with Gasteiger partial charge in [0.25, 0.3) is 0 Å². The van der Waals surface area contributed by atoms with E-state index in [1.54, 1.807) is 6.92 Å². The predicted octanol–water partition coefficient (Wildman–Crippen LogP) is 0.119. The van der Waals surface area contributed by atoms with Crippen LogP contribution < -0.4 is 10.6 Å². The fourth-order valence-corrected chi connectivity index (χ4v) is 1.37. The summed E-state index contributed by atoms with van der Waals surface area (Å²) in [5.41, 5.74) is 0. The molecule has 2 amide bonds. The third-order valence-electron chi connectivity index (χ3n) is 2.36. The lowest BCUT2D eigenvalue weighted by atomic mass is 10.2. The van der Waals surface area contributed by atoms with E-state index in [9.17, 15) is 14.4 Å². The lowest BCUT2D eigenvalue weighted by molar-refractivity contribution is -0.143. The van der Waals surface area contributed by atoms with Gasteiger partial charge in [-0.3, -0.25) is 4.79 Å². The Balaban J connectivity index is 3.84. The molecule has 3 N–H and O–H groups in total. The van der Waals surface area contributed by atoms with Crippen molar-refractivity contribution in [1.82, 2.24) is 10.6 Å². The highest BCUT2D eigenvalue weighted by molar-refractivity contribution is 5.82. The van der Waals surface area contributed by atoms with E-state index < -0.39 is 18.0 Å². The molecule has 0 bridgehead atoms. The second kappa shape index (κ2) is 11.0. The van der Waals surface area contributed by atoms with Crippen molar-refractivity contribution in [2.45, 2.75) is 32.2 Å². The Morgan fingerprint density at radius 1 is 1.30 bits per heavy atom. The van der Waals surface area contributed by atoms with Crippen LogP contribution in [-0.2, 0) is 19.1 Å². The predicted molar refractivity (Wildman–Crippen MR) is 70.3 cm³/mol. The highest BCUT2D eigenvalue weighted by Gasteiger charge is 2.19. The van der Waals surface area contributed by atoms with Crippen molar-refractivity contribution in [3.8, 4) is 0 Å². The normalized spacial score (nSPS) is 11.5. The minimum absolute atomic E-state index is 0.183. The molecule has 116 valence electrons. The molecule has 0 aliphatic rings. The first kappa shape index (κ1) is 18.2. The summed E-state index contributed by atoms with van der Waals surface area (Å²) < 4.78 is 9.50. The van der Waals surface area contributed by atoms with Crippen molar-refractivity contribution >= 4 is 18.0 Å². The molecule has 20 heavy (non-hydrogen) atoms. The number of nitrogens with one attached hydrogen (secondary N) is 2. The molecular formula is C12H22N2O6. The molecule has 0 radical (unpaired) electrons. The van der Waals surface area contributed by atoms with E-state index in [4.69, 9.17) is 14.6 Å². The lowest BCUT2D eigenvalue weighted by Gasteiger charge is -2.14. The van der Waals surface area contributed by atoms with E-state index in [-0.39, 0.29) is 32.0 Å². The fourth-order valence-electron chi connectivity index (χ4n) is 1.37. The number of methoxy groups -OCH3 is 1. The zero-order chi connectivity index (χ0) is 15.4. The monoisotopic (exact) mass is 290 g/mol. The second-order valence-corrected chi connectivity index (χ2v) is 3.98. The van der Waals surface area contributed by atoms with Crippen molar-refractivity contribution in [2.24, 2.45) is 0 Å². The van der Waals surface area contributed by atoms with Gasteiger partial charge in [0.05, 0.1) is 6.61 Å². The molecular weight excluding hydrogens is 268 g/mol. The SMILES string of the molecule is CCOC(=O)CCCNC(=O)NC(CCOC)C(=O)O. The van der Waals surface area contributed by atoms with Gasteiger partial charge in [-0.1, -0.05) is 0 Å². The first-order valence-electron chi connectivity index (χ1n) is 6.43.